The Morgan fingerprint density at radius 1 is 0.938 bits per heavy atom. The van der Waals surface area contributed by atoms with Crippen molar-refractivity contribution in [1.29, 1.82) is 0 Å². The van der Waals surface area contributed by atoms with Gasteiger partial charge in [-0.3, -0.25) is 14.5 Å². The van der Waals surface area contributed by atoms with Crippen molar-refractivity contribution in [3.8, 4) is 5.75 Å². The van der Waals surface area contributed by atoms with Gasteiger partial charge in [0.15, 0.2) is 10.9 Å². The van der Waals surface area contributed by atoms with Gasteiger partial charge in [0.2, 0.25) is 5.91 Å². The van der Waals surface area contributed by atoms with Crippen LogP contribution in [-0.2, 0) is 11.4 Å². The predicted octanol–water partition coefficient (Wildman–Crippen LogP) is 5.78. The number of hydrogen-bond donors (Lipinski definition) is 0. The minimum absolute atomic E-state index is 0.126. The van der Waals surface area contributed by atoms with Crippen LogP contribution in [-0.4, -0.2) is 16.7 Å². The van der Waals surface area contributed by atoms with Crippen molar-refractivity contribution < 1.29 is 18.7 Å². The summed E-state index contributed by atoms with van der Waals surface area (Å²) in [5.41, 5.74) is 2.35. The first-order valence-electron chi connectivity index (χ1n) is 9.84. The van der Waals surface area contributed by atoms with Gasteiger partial charge in [0.05, 0.1) is 11.4 Å². The number of ether oxygens (including phenoxy) is 1. The first-order chi connectivity index (χ1) is 15.5. The summed E-state index contributed by atoms with van der Waals surface area (Å²) < 4.78 is 18.8. The second-order valence-corrected chi connectivity index (χ2v) is 7.80. The SMILES string of the molecule is CC(=O)N(c1ccccc1)c1nc(COc2ccc(C(=O)c3ccc(F)cc3)cc2)cs1. The van der Waals surface area contributed by atoms with Crippen molar-refractivity contribution >= 4 is 33.8 Å². The lowest BCUT2D eigenvalue weighted by Gasteiger charge is -2.17. The number of rotatable bonds is 7. The summed E-state index contributed by atoms with van der Waals surface area (Å²) in [5, 5.41) is 2.42. The van der Waals surface area contributed by atoms with Crippen molar-refractivity contribution in [3.05, 3.63) is 107 Å². The quantitative estimate of drug-likeness (QED) is 0.338. The van der Waals surface area contributed by atoms with E-state index in [0.29, 0.717) is 27.7 Å². The monoisotopic (exact) mass is 446 g/mol. The van der Waals surface area contributed by atoms with Crippen LogP contribution in [0.2, 0.25) is 0 Å². The Kier molecular flexibility index (Phi) is 6.37. The third kappa shape index (κ3) is 4.90. The van der Waals surface area contributed by atoms with Gasteiger partial charge in [0.1, 0.15) is 18.2 Å². The lowest BCUT2D eigenvalue weighted by atomic mass is 10.0. The number of carbonyl (C=O) groups excluding carboxylic acids is 2. The zero-order valence-electron chi connectivity index (χ0n) is 17.2. The summed E-state index contributed by atoms with van der Waals surface area (Å²) in [4.78, 5) is 30.7. The van der Waals surface area contributed by atoms with Crippen LogP contribution in [0.3, 0.4) is 0 Å². The Labute approximate surface area is 188 Å². The molecule has 0 aliphatic rings. The molecule has 5 nitrogen and oxygen atoms in total. The Morgan fingerprint density at radius 3 is 2.19 bits per heavy atom. The molecule has 0 atom stereocenters. The maximum atomic E-state index is 13.1. The molecule has 3 aromatic carbocycles. The van der Waals surface area contributed by atoms with Crippen molar-refractivity contribution in [2.45, 2.75) is 13.5 Å². The van der Waals surface area contributed by atoms with E-state index in [-0.39, 0.29) is 24.1 Å². The van der Waals surface area contributed by atoms with Crippen molar-refractivity contribution in [2.24, 2.45) is 0 Å². The number of benzene rings is 3. The van der Waals surface area contributed by atoms with Gasteiger partial charge >= 0.3 is 0 Å². The Bertz CT molecular complexity index is 1220. The van der Waals surface area contributed by atoms with E-state index in [0.717, 1.165) is 5.69 Å². The van der Waals surface area contributed by atoms with Crippen LogP contribution in [0, 0.1) is 5.82 Å². The van der Waals surface area contributed by atoms with Crippen LogP contribution in [0.1, 0.15) is 28.5 Å². The highest BCUT2D eigenvalue weighted by Crippen LogP contribution is 2.29. The van der Waals surface area contributed by atoms with Gasteiger partial charge in [-0.05, 0) is 60.7 Å². The highest BCUT2D eigenvalue weighted by Gasteiger charge is 2.18. The zero-order chi connectivity index (χ0) is 22.5. The van der Waals surface area contributed by atoms with E-state index >= 15 is 0 Å². The van der Waals surface area contributed by atoms with E-state index in [1.807, 2.05) is 35.7 Å². The van der Waals surface area contributed by atoms with Gasteiger partial charge in [-0.15, -0.1) is 11.3 Å². The van der Waals surface area contributed by atoms with E-state index in [1.54, 1.807) is 29.2 Å². The van der Waals surface area contributed by atoms with Gasteiger partial charge in [-0.25, -0.2) is 9.37 Å². The van der Waals surface area contributed by atoms with Gasteiger partial charge in [-0.2, -0.15) is 0 Å². The van der Waals surface area contributed by atoms with Gasteiger partial charge in [0, 0.05) is 23.4 Å². The number of thiazole rings is 1. The number of carbonyl (C=O) groups is 2. The molecule has 0 aliphatic heterocycles. The van der Waals surface area contributed by atoms with Gasteiger partial charge in [-0.1, -0.05) is 18.2 Å². The molecule has 4 rings (SSSR count). The molecule has 1 heterocycles. The number of para-hydroxylation sites is 1. The highest BCUT2D eigenvalue weighted by molar-refractivity contribution is 7.14. The van der Waals surface area contributed by atoms with E-state index in [1.165, 1.54) is 42.5 Å². The number of anilines is 2. The molecule has 0 unspecified atom stereocenters. The molecule has 7 heteroatoms. The minimum atomic E-state index is -0.384. The molecule has 160 valence electrons. The summed E-state index contributed by atoms with van der Waals surface area (Å²) in [7, 11) is 0. The first kappa shape index (κ1) is 21.4. The molecule has 0 spiro atoms. The maximum Gasteiger partial charge on any atom is 0.230 e. The molecule has 32 heavy (non-hydrogen) atoms. The summed E-state index contributed by atoms with van der Waals surface area (Å²) in [6.07, 6.45) is 0. The Hall–Kier alpha value is -3.84. The molecular formula is C25H19FN2O3S. The molecule has 0 aliphatic carbocycles. The van der Waals surface area contributed by atoms with Crippen LogP contribution in [0.15, 0.2) is 84.2 Å². The van der Waals surface area contributed by atoms with Crippen molar-refractivity contribution in [1.82, 2.24) is 4.98 Å². The lowest BCUT2D eigenvalue weighted by molar-refractivity contribution is -0.115. The molecule has 0 saturated heterocycles. The second-order valence-electron chi connectivity index (χ2n) is 6.96. The van der Waals surface area contributed by atoms with Crippen LogP contribution in [0.5, 0.6) is 5.75 Å². The fourth-order valence-electron chi connectivity index (χ4n) is 3.10. The third-order valence-corrected chi connectivity index (χ3v) is 5.54. The molecule has 0 fully saturated rings. The number of amides is 1. The molecule has 0 bridgehead atoms. The van der Waals surface area contributed by atoms with Crippen molar-refractivity contribution in [2.75, 3.05) is 4.90 Å². The minimum Gasteiger partial charge on any atom is -0.487 e. The van der Waals surface area contributed by atoms with Crippen LogP contribution in [0.25, 0.3) is 0 Å². The van der Waals surface area contributed by atoms with E-state index < -0.39 is 0 Å². The Balaban J connectivity index is 1.41. The second kappa shape index (κ2) is 9.53. The van der Waals surface area contributed by atoms with Gasteiger partial charge < -0.3 is 4.74 Å². The molecule has 0 saturated carbocycles. The van der Waals surface area contributed by atoms with E-state index in [4.69, 9.17) is 4.74 Å². The fraction of sp³-hybridized carbons (Fsp3) is 0.0800. The lowest BCUT2D eigenvalue weighted by Crippen LogP contribution is -2.22. The maximum absolute atomic E-state index is 13.1. The number of ketones is 1. The third-order valence-electron chi connectivity index (χ3n) is 4.67. The normalized spacial score (nSPS) is 10.6. The molecular weight excluding hydrogens is 427 g/mol. The smallest absolute Gasteiger partial charge is 0.230 e. The van der Waals surface area contributed by atoms with Gasteiger partial charge in [0.25, 0.3) is 0 Å². The van der Waals surface area contributed by atoms with Crippen molar-refractivity contribution in [3.63, 3.8) is 0 Å². The topological polar surface area (TPSA) is 59.5 Å². The van der Waals surface area contributed by atoms with Crippen LogP contribution < -0.4 is 9.64 Å². The van der Waals surface area contributed by atoms with Crippen LogP contribution in [0.4, 0.5) is 15.2 Å². The standard InChI is InChI=1S/C25H19FN2O3S/c1-17(29)28(22-5-3-2-4-6-22)25-27-21(16-32-25)15-31-23-13-9-19(10-14-23)24(30)18-7-11-20(26)12-8-18/h2-14,16H,15H2,1H3. The van der Waals surface area contributed by atoms with Crippen LogP contribution >= 0.6 is 11.3 Å². The largest absolute Gasteiger partial charge is 0.487 e. The molecule has 0 radical (unpaired) electrons. The highest BCUT2D eigenvalue weighted by atomic mass is 32.1. The van der Waals surface area contributed by atoms with E-state index in [2.05, 4.69) is 4.98 Å². The van der Waals surface area contributed by atoms with E-state index in [9.17, 15) is 14.0 Å². The number of halogens is 1. The number of nitrogens with zero attached hydrogens (tertiary/aromatic N) is 2. The molecule has 0 N–H and O–H groups in total. The molecule has 4 aromatic rings. The summed E-state index contributed by atoms with van der Waals surface area (Å²) in [6.45, 7) is 1.72. The average molecular weight is 447 g/mol. The summed E-state index contributed by atoms with van der Waals surface area (Å²) in [5.74, 6) is -0.113. The molecule has 1 aromatic heterocycles. The summed E-state index contributed by atoms with van der Waals surface area (Å²) in [6, 6.07) is 21.5. The molecule has 1 amide bonds. The fourth-order valence-corrected chi connectivity index (χ4v) is 3.97. The first-order valence-corrected chi connectivity index (χ1v) is 10.7. The average Bonchev–Trinajstić information content (AvgIpc) is 3.27. The predicted molar refractivity (Wildman–Crippen MR) is 122 cm³/mol. The number of hydrogen-bond acceptors (Lipinski definition) is 5. The Morgan fingerprint density at radius 2 is 1.56 bits per heavy atom. The summed E-state index contributed by atoms with van der Waals surface area (Å²) >= 11 is 1.36. The zero-order valence-corrected chi connectivity index (χ0v) is 18.0. The number of aromatic nitrogens is 1.